The van der Waals surface area contributed by atoms with Crippen LogP contribution in [0.1, 0.15) is 79.1 Å². The van der Waals surface area contributed by atoms with Crippen LogP contribution in [0.5, 0.6) is 0 Å². The zero-order chi connectivity index (χ0) is 14.7. The second kappa shape index (κ2) is 11.3. The monoisotopic (exact) mass is 271 g/mol. The molecule has 0 bridgehead atoms. The van der Waals surface area contributed by atoms with Gasteiger partial charge in [-0.3, -0.25) is 0 Å². The van der Waals surface area contributed by atoms with Gasteiger partial charge in [0.15, 0.2) is 0 Å². The average Bonchev–Trinajstić information content (AvgIpc) is 2.43. The Morgan fingerprint density at radius 3 is 2.11 bits per heavy atom. The van der Waals surface area contributed by atoms with Gasteiger partial charge in [-0.1, -0.05) is 71.4 Å². The largest absolute Gasteiger partial charge is 0.411 e. The first-order chi connectivity index (χ1) is 9.14. The highest BCUT2D eigenvalue weighted by atomic mass is 16.4. The third kappa shape index (κ3) is 6.95. The molecule has 0 saturated carbocycles. The van der Waals surface area contributed by atoms with E-state index < -0.39 is 6.10 Å². The highest BCUT2D eigenvalue weighted by molar-refractivity contribution is 5.88. The van der Waals surface area contributed by atoms with Crippen molar-refractivity contribution >= 4 is 5.71 Å². The van der Waals surface area contributed by atoms with Gasteiger partial charge in [0.05, 0.1) is 11.8 Å². The smallest absolute Gasteiger partial charge is 0.0982 e. The van der Waals surface area contributed by atoms with E-state index in [2.05, 4.69) is 32.9 Å². The van der Waals surface area contributed by atoms with Gasteiger partial charge in [0.25, 0.3) is 0 Å². The maximum Gasteiger partial charge on any atom is 0.0982 e. The number of rotatable bonds is 11. The van der Waals surface area contributed by atoms with Crippen molar-refractivity contribution in [2.45, 2.75) is 85.2 Å². The number of oxime groups is 1. The number of aliphatic hydroxyl groups is 1. The molecule has 0 aliphatic rings. The first-order valence-corrected chi connectivity index (χ1v) is 8.03. The Morgan fingerprint density at radius 1 is 1.00 bits per heavy atom. The fourth-order valence-corrected chi connectivity index (χ4v) is 2.70. The van der Waals surface area contributed by atoms with E-state index in [1.807, 2.05) is 0 Å². The normalized spacial score (nSPS) is 17.2. The summed E-state index contributed by atoms with van der Waals surface area (Å²) in [6, 6.07) is 0. The summed E-state index contributed by atoms with van der Waals surface area (Å²) in [6.45, 7) is 8.59. The van der Waals surface area contributed by atoms with Crippen LogP contribution in [0.4, 0.5) is 0 Å². The zero-order valence-electron chi connectivity index (χ0n) is 13.2. The summed E-state index contributed by atoms with van der Waals surface area (Å²) in [7, 11) is 0. The molecule has 3 unspecified atom stereocenters. The quantitative estimate of drug-likeness (QED) is 0.327. The molecule has 0 spiro atoms. The molecule has 0 rings (SSSR count). The lowest BCUT2D eigenvalue weighted by atomic mass is 9.85. The van der Waals surface area contributed by atoms with E-state index in [1.165, 1.54) is 0 Å². The molecule has 3 atom stereocenters. The predicted molar refractivity (Wildman–Crippen MR) is 81.8 cm³/mol. The Hall–Kier alpha value is -0.570. The minimum absolute atomic E-state index is 0.227. The number of nitrogens with zero attached hydrogens (tertiary/aromatic N) is 1. The second-order valence-corrected chi connectivity index (χ2v) is 5.61. The molecule has 0 aromatic rings. The fourth-order valence-electron chi connectivity index (χ4n) is 2.70. The van der Waals surface area contributed by atoms with Gasteiger partial charge >= 0.3 is 0 Å². The van der Waals surface area contributed by atoms with Gasteiger partial charge in [-0.05, 0) is 24.7 Å². The molecule has 0 aromatic heterocycles. The van der Waals surface area contributed by atoms with Crippen LogP contribution in [0, 0.1) is 11.8 Å². The molecule has 2 N–H and O–H groups in total. The van der Waals surface area contributed by atoms with Gasteiger partial charge < -0.3 is 10.3 Å². The van der Waals surface area contributed by atoms with Crippen LogP contribution in [-0.2, 0) is 0 Å². The molecule has 114 valence electrons. The third-order valence-corrected chi connectivity index (χ3v) is 4.14. The Kier molecular flexibility index (Phi) is 10.9. The fraction of sp³-hybridized carbons (Fsp3) is 0.938. The van der Waals surface area contributed by atoms with Gasteiger partial charge in [-0.15, -0.1) is 0 Å². The molecule has 0 aromatic carbocycles. The van der Waals surface area contributed by atoms with Gasteiger partial charge in [-0.2, -0.15) is 0 Å². The number of unbranched alkanes of at least 4 members (excludes halogenated alkanes) is 1. The molecule has 19 heavy (non-hydrogen) atoms. The van der Waals surface area contributed by atoms with Gasteiger partial charge in [-0.25, -0.2) is 0 Å². The van der Waals surface area contributed by atoms with Crippen LogP contribution in [0.2, 0.25) is 0 Å². The van der Waals surface area contributed by atoms with E-state index in [0.29, 0.717) is 11.6 Å². The van der Waals surface area contributed by atoms with Gasteiger partial charge in [0.1, 0.15) is 0 Å². The Balaban J connectivity index is 4.55. The van der Waals surface area contributed by atoms with Crippen LogP contribution in [-0.4, -0.2) is 22.1 Å². The van der Waals surface area contributed by atoms with Gasteiger partial charge in [0, 0.05) is 0 Å². The van der Waals surface area contributed by atoms with E-state index in [0.717, 1.165) is 51.4 Å². The molecule has 0 aliphatic heterocycles. The minimum Gasteiger partial charge on any atom is -0.411 e. The Bertz CT molecular complexity index is 241. The SMILES string of the molecule is CCCCC(CC)C(O)C(CC(CC)CCC)=NO. The van der Waals surface area contributed by atoms with E-state index in [9.17, 15) is 10.3 Å². The lowest BCUT2D eigenvalue weighted by Gasteiger charge is -2.24. The molecule has 0 saturated heterocycles. The summed E-state index contributed by atoms with van der Waals surface area (Å²) in [5.41, 5.74) is 0.586. The molecule has 0 amide bonds. The first kappa shape index (κ1) is 18.4. The maximum atomic E-state index is 10.4. The topological polar surface area (TPSA) is 52.8 Å². The minimum atomic E-state index is -0.576. The van der Waals surface area contributed by atoms with Crippen molar-refractivity contribution < 1.29 is 10.3 Å². The lowest BCUT2D eigenvalue weighted by Crippen LogP contribution is -2.31. The van der Waals surface area contributed by atoms with Crippen molar-refractivity contribution in [3.05, 3.63) is 0 Å². The van der Waals surface area contributed by atoms with E-state index in [4.69, 9.17) is 0 Å². The molecule has 3 nitrogen and oxygen atoms in total. The van der Waals surface area contributed by atoms with Crippen molar-refractivity contribution in [2.24, 2.45) is 17.0 Å². The number of hydrogen-bond acceptors (Lipinski definition) is 3. The summed E-state index contributed by atoms with van der Waals surface area (Å²) >= 11 is 0. The van der Waals surface area contributed by atoms with Crippen LogP contribution >= 0.6 is 0 Å². The van der Waals surface area contributed by atoms with Crippen molar-refractivity contribution in [3.63, 3.8) is 0 Å². The number of aliphatic hydroxyl groups excluding tert-OH is 1. The molecular formula is C16H33NO2. The van der Waals surface area contributed by atoms with Crippen LogP contribution in [0.25, 0.3) is 0 Å². The average molecular weight is 271 g/mol. The Labute approximate surface area is 119 Å². The van der Waals surface area contributed by atoms with E-state index in [1.54, 1.807) is 0 Å². The Morgan fingerprint density at radius 2 is 1.68 bits per heavy atom. The summed E-state index contributed by atoms with van der Waals surface area (Å²) in [6.07, 6.45) is 7.71. The third-order valence-electron chi connectivity index (χ3n) is 4.14. The maximum absolute atomic E-state index is 10.4. The summed E-state index contributed by atoms with van der Waals surface area (Å²) in [4.78, 5) is 0. The lowest BCUT2D eigenvalue weighted by molar-refractivity contribution is 0.149. The highest BCUT2D eigenvalue weighted by Crippen LogP contribution is 2.23. The van der Waals surface area contributed by atoms with Crippen molar-refractivity contribution in [1.29, 1.82) is 0 Å². The molecule has 3 heteroatoms. The summed E-state index contributed by atoms with van der Waals surface area (Å²) in [5.74, 6) is 0.749. The summed E-state index contributed by atoms with van der Waals surface area (Å²) < 4.78 is 0. The molecule has 0 fully saturated rings. The van der Waals surface area contributed by atoms with Crippen LogP contribution in [0.3, 0.4) is 0 Å². The van der Waals surface area contributed by atoms with E-state index in [-0.39, 0.29) is 5.92 Å². The zero-order valence-corrected chi connectivity index (χ0v) is 13.2. The van der Waals surface area contributed by atoms with Crippen molar-refractivity contribution in [1.82, 2.24) is 0 Å². The predicted octanol–water partition coefficient (Wildman–Crippen LogP) is 4.61. The second-order valence-electron chi connectivity index (χ2n) is 5.61. The number of hydrogen-bond donors (Lipinski definition) is 2. The van der Waals surface area contributed by atoms with Crippen LogP contribution < -0.4 is 0 Å². The van der Waals surface area contributed by atoms with Crippen molar-refractivity contribution in [2.75, 3.05) is 0 Å². The van der Waals surface area contributed by atoms with Gasteiger partial charge in [0.2, 0.25) is 0 Å². The standard InChI is InChI=1S/C16H33NO2/c1-5-9-11-14(8-4)16(18)15(17-19)12-13(7-3)10-6-2/h13-14,16,18-19H,5-12H2,1-4H3. The molecular weight excluding hydrogens is 238 g/mol. The first-order valence-electron chi connectivity index (χ1n) is 8.03. The molecule has 0 aliphatic carbocycles. The van der Waals surface area contributed by atoms with Crippen molar-refractivity contribution in [3.8, 4) is 0 Å². The highest BCUT2D eigenvalue weighted by Gasteiger charge is 2.24. The van der Waals surface area contributed by atoms with E-state index >= 15 is 0 Å². The van der Waals surface area contributed by atoms with Crippen LogP contribution in [0.15, 0.2) is 5.16 Å². The molecule has 0 radical (unpaired) electrons. The molecule has 0 heterocycles. The summed E-state index contributed by atoms with van der Waals surface area (Å²) in [5, 5.41) is 23.0.